The van der Waals surface area contributed by atoms with E-state index in [1.165, 1.54) is 35.7 Å². The zero-order chi connectivity index (χ0) is 45.7. The van der Waals surface area contributed by atoms with E-state index in [9.17, 15) is 39.0 Å². The molecule has 0 radical (unpaired) electrons. The van der Waals surface area contributed by atoms with E-state index in [1.54, 1.807) is 48.7 Å². The van der Waals surface area contributed by atoms with Gasteiger partial charge in [0.2, 0.25) is 29.5 Å². The van der Waals surface area contributed by atoms with Crippen LogP contribution in [0.2, 0.25) is 0 Å². The number of fused-ring (bicyclic) bond motifs is 1. The number of hydrogen-bond donors (Lipinski definition) is 10. The smallest absolute Gasteiger partial charge is 0.326 e. The number of aromatic hydroxyl groups is 1. The molecule has 5 amide bonds. The SMILES string of the molecule is CSCC[C@H](NC(=O)[C@H](Cc1ccc(O)cc1)NC(=O)[C@H](CCCCN)NC(=O)[C@@H](N)Cc1c[nH]c2ccccc12)C(=O)N[C@@H](Cc1ccccc1)C(=O)N[C@H](CCSC)C(=O)O. The maximum Gasteiger partial charge on any atom is 0.326 e. The molecule has 4 rings (SSSR count). The summed E-state index contributed by atoms with van der Waals surface area (Å²) in [6, 6.07) is 15.7. The minimum Gasteiger partial charge on any atom is -0.508 e. The molecule has 12 N–H and O–H groups in total. The number of aliphatic carboxylic acids is 1. The van der Waals surface area contributed by atoms with Crippen molar-refractivity contribution in [3.05, 3.63) is 102 Å². The third kappa shape index (κ3) is 16.3. The lowest BCUT2D eigenvalue weighted by atomic mass is 10.0. The number of para-hydroxylation sites is 1. The molecule has 340 valence electrons. The molecule has 0 fully saturated rings. The van der Waals surface area contributed by atoms with Gasteiger partial charge in [0.25, 0.3) is 0 Å². The number of phenols is 1. The summed E-state index contributed by atoms with van der Waals surface area (Å²) in [7, 11) is 0. The van der Waals surface area contributed by atoms with Crippen LogP contribution in [0.15, 0.2) is 85.1 Å². The van der Waals surface area contributed by atoms with Crippen LogP contribution >= 0.6 is 23.5 Å². The van der Waals surface area contributed by atoms with Gasteiger partial charge >= 0.3 is 5.97 Å². The first kappa shape index (κ1) is 50.1. The summed E-state index contributed by atoms with van der Waals surface area (Å²) in [5, 5.41) is 34.4. The lowest BCUT2D eigenvalue weighted by molar-refractivity contribution is -0.142. The highest BCUT2D eigenvalue weighted by atomic mass is 32.2. The summed E-state index contributed by atoms with van der Waals surface area (Å²) in [5.74, 6) is -3.60. The summed E-state index contributed by atoms with van der Waals surface area (Å²) in [4.78, 5) is 85.0. The van der Waals surface area contributed by atoms with Gasteiger partial charge in [-0.1, -0.05) is 60.7 Å². The molecule has 3 aromatic carbocycles. The van der Waals surface area contributed by atoms with Crippen molar-refractivity contribution < 1.29 is 39.0 Å². The Hall–Kier alpha value is -5.56. The maximum atomic E-state index is 14.3. The van der Waals surface area contributed by atoms with Crippen LogP contribution < -0.4 is 38.1 Å². The van der Waals surface area contributed by atoms with Gasteiger partial charge in [-0.2, -0.15) is 23.5 Å². The predicted octanol–water partition coefficient (Wildman–Crippen LogP) is 2.37. The van der Waals surface area contributed by atoms with E-state index in [2.05, 4.69) is 31.6 Å². The molecule has 0 aliphatic heterocycles. The summed E-state index contributed by atoms with van der Waals surface area (Å²) in [5.41, 5.74) is 15.2. The van der Waals surface area contributed by atoms with E-state index in [-0.39, 0.29) is 44.3 Å². The average Bonchev–Trinajstić information content (AvgIpc) is 3.68. The maximum absolute atomic E-state index is 14.3. The highest BCUT2D eigenvalue weighted by Crippen LogP contribution is 2.19. The number of unbranched alkanes of at least 4 members (excludes halogenated alkanes) is 1. The van der Waals surface area contributed by atoms with Gasteiger partial charge in [0.1, 0.15) is 36.0 Å². The molecular weight excluding hydrogens is 845 g/mol. The number of carboxylic acids is 1. The minimum absolute atomic E-state index is 0.00253. The highest BCUT2D eigenvalue weighted by molar-refractivity contribution is 7.98. The van der Waals surface area contributed by atoms with Gasteiger partial charge in [0.05, 0.1) is 6.04 Å². The molecule has 18 heteroatoms. The normalized spacial score (nSPS) is 14.0. The van der Waals surface area contributed by atoms with Crippen molar-refractivity contribution in [1.82, 2.24) is 31.6 Å². The number of carbonyl (C=O) groups excluding carboxylic acids is 5. The molecule has 0 aliphatic rings. The second kappa shape index (κ2) is 26.2. The first-order chi connectivity index (χ1) is 30.3. The van der Waals surface area contributed by atoms with Crippen molar-refractivity contribution in [2.45, 2.75) is 87.6 Å². The Labute approximate surface area is 376 Å². The van der Waals surface area contributed by atoms with Gasteiger partial charge in [-0.05, 0) is 104 Å². The third-order valence-corrected chi connectivity index (χ3v) is 11.7. The van der Waals surface area contributed by atoms with Crippen molar-refractivity contribution >= 4 is 69.9 Å². The molecule has 0 aliphatic carbocycles. The van der Waals surface area contributed by atoms with Gasteiger partial charge in [-0.25, -0.2) is 4.79 Å². The largest absolute Gasteiger partial charge is 0.508 e. The van der Waals surface area contributed by atoms with Crippen LogP contribution in [0.1, 0.15) is 48.8 Å². The van der Waals surface area contributed by atoms with E-state index < -0.39 is 71.8 Å². The van der Waals surface area contributed by atoms with E-state index in [0.717, 1.165) is 16.5 Å². The fourth-order valence-electron chi connectivity index (χ4n) is 6.89. The monoisotopic (exact) mass is 904 g/mol. The van der Waals surface area contributed by atoms with E-state index in [1.807, 2.05) is 36.8 Å². The molecule has 6 atom stereocenters. The number of carboxylic acid groups (broad SMARTS) is 1. The number of carbonyl (C=O) groups is 6. The van der Waals surface area contributed by atoms with E-state index >= 15 is 0 Å². The number of benzene rings is 3. The zero-order valence-corrected chi connectivity index (χ0v) is 37.3. The van der Waals surface area contributed by atoms with Gasteiger partial charge in [-0.3, -0.25) is 24.0 Å². The first-order valence-corrected chi connectivity index (χ1v) is 23.7. The lowest BCUT2D eigenvalue weighted by Gasteiger charge is -2.27. The zero-order valence-electron chi connectivity index (χ0n) is 35.6. The van der Waals surface area contributed by atoms with Gasteiger partial charge in [0.15, 0.2) is 0 Å². The van der Waals surface area contributed by atoms with Gasteiger partial charge < -0.3 is 53.2 Å². The second-order valence-corrected chi connectivity index (χ2v) is 17.2. The van der Waals surface area contributed by atoms with Crippen molar-refractivity contribution in [3.63, 3.8) is 0 Å². The van der Waals surface area contributed by atoms with E-state index in [4.69, 9.17) is 11.5 Å². The number of nitrogens with two attached hydrogens (primary N) is 2. The summed E-state index contributed by atoms with van der Waals surface area (Å²) in [6.07, 6.45) is 7.22. The van der Waals surface area contributed by atoms with Crippen LogP contribution in [0, 0.1) is 0 Å². The molecule has 0 spiro atoms. The first-order valence-electron chi connectivity index (χ1n) is 20.9. The molecule has 0 saturated heterocycles. The Morgan fingerprint density at radius 2 is 1.10 bits per heavy atom. The number of aromatic amines is 1. The number of nitrogens with one attached hydrogen (secondary N) is 6. The van der Waals surface area contributed by atoms with E-state index in [0.29, 0.717) is 42.0 Å². The van der Waals surface area contributed by atoms with Crippen LogP contribution in [-0.2, 0) is 48.0 Å². The topological polar surface area (TPSA) is 271 Å². The summed E-state index contributed by atoms with van der Waals surface area (Å²) >= 11 is 2.87. The molecule has 4 aromatic rings. The molecule has 0 bridgehead atoms. The van der Waals surface area contributed by atoms with Crippen molar-refractivity contribution in [2.75, 3.05) is 30.6 Å². The van der Waals surface area contributed by atoms with Crippen LogP contribution in [0.25, 0.3) is 10.9 Å². The molecule has 63 heavy (non-hydrogen) atoms. The number of rotatable bonds is 27. The highest BCUT2D eigenvalue weighted by Gasteiger charge is 2.33. The van der Waals surface area contributed by atoms with Gasteiger partial charge in [0, 0.05) is 29.9 Å². The fraction of sp³-hybridized carbons (Fsp3) is 0.422. The molecule has 0 saturated carbocycles. The molecule has 0 unspecified atom stereocenters. The number of aromatic nitrogens is 1. The number of amides is 5. The fourth-order valence-corrected chi connectivity index (χ4v) is 7.84. The second-order valence-electron chi connectivity index (χ2n) is 15.2. The minimum atomic E-state index is -1.27. The molecule has 1 heterocycles. The Kier molecular flexibility index (Phi) is 20.8. The molecule has 16 nitrogen and oxygen atoms in total. The number of thioether (sulfide) groups is 2. The van der Waals surface area contributed by atoms with Crippen molar-refractivity contribution in [2.24, 2.45) is 11.5 Å². The summed E-state index contributed by atoms with van der Waals surface area (Å²) in [6.45, 7) is 0.361. The number of hydrogen-bond acceptors (Lipinski definition) is 11. The third-order valence-electron chi connectivity index (χ3n) is 10.4. The van der Waals surface area contributed by atoms with Crippen molar-refractivity contribution in [1.29, 1.82) is 0 Å². The molecule has 1 aromatic heterocycles. The Morgan fingerprint density at radius 1 is 0.603 bits per heavy atom. The Balaban J connectivity index is 1.56. The van der Waals surface area contributed by atoms with Crippen LogP contribution in [-0.4, -0.2) is 118 Å². The average molecular weight is 905 g/mol. The van der Waals surface area contributed by atoms with Gasteiger partial charge in [-0.15, -0.1) is 0 Å². The summed E-state index contributed by atoms with van der Waals surface area (Å²) < 4.78 is 0. The van der Waals surface area contributed by atoms with Crippen LogP contribution in [0.5, 0.6) is 5.75 Å². The number of phenolic OH excluding ortho intramolecular Hbond substituents is 1. The van der Waals surface area contributed by atoms with Crippen molar-refractivity contribution in [3.8, 4) is 5.75 Å². The Morgan fingerprint density at radius 3 is 1.68 bits per heavy atom. The standard InChI is InChI=1S/C45H60N8O8S2/c1-62-22-19-36(42(57)53-38(24-28-10-4-3-5-11-28)44(59)51-37(45(60)61)20-23-63-2)50-43(58)39(25-29-15-17-31(54)18-16-29)52-41(56)35(14-8-9-21-46)49-40(55)33(47)26-30-27-48-34-13-7-6-12-32(30)34/h3-7,10-13,15-18,27,33,35-39,48,54H,8-9,14,19-26,46-47H2,1-2H3,(H,49,55)(H,50,58)(H,51,59)(H,52,56)(H,53,57)(H,60,61)/t33-,35-,36-,37+,38-,39-/m0/s1. The predicted molar refractivity (Wildman–Crippen MR) is 248 cm³/mol. The quantitative estimate of drug-likeness (QED) is 0.0387. The Bertz CT molecular complexity index is 2110. The number of H-pyrrole nitrogens is 1. The van der Waals surface area contributed by atoms with Crippen LogP contribution in [0.3, 0.4) is 0 Å². The molecular formula is C45H60N8O8S2. The lowest BCUT2D eigenvalue weighted by Crippen LogP contribution is -2.60. The van der Waals surface area contributed by atoms with Crippen LogP contribution in [0.4, 0.5) is 0 Å².